The molecule has 1 unspecified atom stereocenters. The van der Waals surface area contributed by atoms with Crippen LogP contribution in [0, 0.1) is 5.21 Å². The lowest BCUT2D eigenvalue weighted by molar-refractivity contribution is -0.500. The first-order valence-electron chi connectivity index (χ1n) is 9.36. The van der Waals surface area contributed by atoms with Gasteiger partial charge in [-0.25, -0.2) is 4.79 Å². The number of carbonyl (C=O) groups is 1. The molecule has 0 aromatic rings. The van der Waals surface area contributed by atoms with Gasteiger partial charge >= 0.3 is 5.91 Å². The number of unbranched alkanes of at least 4 members (excludes halogenated alkanes) is 10. The van der Waals surface area contributed by atoms with Gasteiger partial charge in [-0.15, -0.1) is 0 Å². The van der Waals surface area contributed by atoms with Crippen molar-refractivity contribution in [1.29, 1.82) is 0 Å². The van der Waals surface area contributed by atoms with Crippen molar-refractivity contribution < 1.29 is 15.4 Å². The molecule has 0 heterocycles. The average Bonchev–Trinajstić information content (AvgIpc) is 2.53. The maximum absolute atomic E-state index is 10.8. The Balaban J connectivity index is 3.14. The van der Waals surface area contributed by atoms with E-state index >= 15 is 0 Å². The van der Waals surface area contributed by atoms with Crippen molar-refractivity contribution in [3.05, 3.63) is 5.21 Å². The summed E-state index contributed by atoms with van der Waals surface area (Å²) in [6.45, 7) is 2.21. The van der Waals surface area contributed by atoms with Gasteiger partial charge in [-0.1, -0.05) is 77.6 Å². The number of nitrogens with two attached hydrogens (primary N) is 1. The lowest BCUT2D eigenvalue weighted by Crippen LogP contribution is -2.81. The molecule has 0 aromatic carbocycles. The van der Waals surface area contributed by atoms with Crippen molar-refractivity contribution in [1.82, 2.24) is 0 Å². The Bertz CT molecular complexity index is 246. The summed E-state index contributed by atoms with van der Waals surface area (Å²) in [5, 5.41) is 20.0. The van der Waals surface area contributed by atoms with E-state index in [0.717, 1.165) is 38.5 Å². The first-order valence-corrected chi connectivity index (χ1v) is 9.36. The highest BCUT2D eigenvalue weighted by atomic mass is 16.5. The molecule has 0 aliphatic carbocycles. The van der Waals surface area contributed by atoms with Crippen LogP contribution in [0.3, 0.4) is 0 Å². The topological polar surface area (TPSA) is 77.0 Å². The molecule has 1 amide bonds. The molecule has 4 heteroatoms. The van der Waals surface area contributed by atoms with Gasteiger partial charge in [0.05, 0.1) is 12.5 Å². The van der Waals surface area contributed by atoms with Gasteiger partial charge in [-0.05, 0) is 19.3 Å². The van der Waals surface area contributed by atoms with Gasteiger partial charge in [0.2, 0.25) is 0 Å². The second kappa shape index (κ2) is 16.9. The molecule has 0 aliphatic heterocycles. The van der Waals surface area contributed by atoms with E-state index in [4.69, 9.17) is 0 Å². The fourth-order valence-corrected chi connectivity index (χ4v) is 2.75. The zero-order chi connectivity index (χ0) is 16.5. The van der Waals surface area contributed by atoms with Gasteiger partial charge in [-0.3, -0.25) is 0 Å². The number of quaternary nitrogens is 1. The van der Waals surface area contributed by atoms with Gasteiger partial charge in [0.25, 0.3) is 0 Å². The van der Waals surface area contributed by atoms with Crippen molar-refractivity contribution in [3.8, 4) is 0 Å². The summed E-state index contributed by atoms with van der Waals surface area (Å²) in [5.74, 6) is -0.270. The number of aliphatic hydroxyl groups is 1. The summed E-state index contributed by atoms with van der Waals surface area (Å²) >= 11 is 0. The summed E-state index contributed by atoms with van der Waals surface area (Å²) in [6, 6.07) is 0. The Labute approximate surface area is 136 Å². The van der Waals surface area contributed by atoms with E-state index in [1.54, 1.807) is 0 Å². The summed E-state index contributed by atoms with van der Waals surface area (Å²) in [7, 11) is 0. The number of amides is 1. The van der Waals surface area contributed by atoms with Crippen LogP contribution in [0.4, 0.5) is 0 Å². The zero-order valence-electron chi connectivity index (χ0n) is 14.5. The van der Waals surface area contributed by atoms with Gasteiger partial charge in [0.15, 0.2) is 0 Å². The first kappa shape index (κ1) is 21.6. The predicted molar refractivity (Wildman–Crippen MR) is 91.2 cm³/mol. The van der Waals surface area contributed by atoms with Crippen LogP contribution in [0.15, 0.2) is 0 Å². The molecule has 0 spiro atoms. The number of rotatable bonds is 16. The second-order valence-electron chi connectivity index (χ2n) is 6.45. The largest absolute Gasteiger partial charge is 0.628 e. The molecule has 0 radical (unpaired) electrons. The van der Waals surface area contributed by atoms with E-state index in [9.17, 15) is 15.1 Å². The van der Waals surface area contributed by atoms with E-state index in [1.807, 2.05) is 0 Å². The third-order valence-electron chi connectivity index (χ3n) is 4.23. The second-order valence-corrected chi connectivity index (χ2v) is 6.45. The molecule has 3 N–H and O–H groups in total. The van der Waals surface area contributed by atoms with Crippen LogP contribution in [0.25, 0.3) is 0 Å². The predicted octanol–water partition coefficient (Wildman–Crippen LogP) is 3.81. The highest BCUT2D eigenvalue weighted by Gasteiger charge is 2.03. The lowest BCUT2D eigenvalue weighted by Gasteiger charge is -2.10. The van der Waals surface area contributed by atoms with Gasteiger partial charge in [-0.2, -0.15) is 0 Å². The minimum Gasteiger partial charge on any atom is -0.628 e. The third-order valence-corrected chi connectivity index (χ3v) is 4.23. The standard InChI is InChI=1S/C18H37NO3/c1-2-3-4-11-14-17(20)15-12-9-7-5-6-8-10-13-16-18(21)19-22/h17,20H,2-16,19H2,1H3. The molecule has 0 saturated heterocycles. The van der Waals surface area contributed by atoms with Crippen molar-refractivity contribution in [2.75, 3.05) is 0 Å². The van der Waals surface area contributed by atoms with Crippen LogP contribution in [-0.4, -0.2) is 17.1 Å². The molecule has 0 aliphatic rings. The van der Waals surface area contributed by atoms with Crippen molar-refractivity contribution in [2.24, 2.45) is 0 Å². The van der Waals surface area contributed by atoms with E-state index in [2.05, 4.69) is 6.92 Å². The minimum absolute atomic E-state index is 0.0905. The number of hydroxylamine groups is 1. The number of aliphatic hydroxyl groups excluding tert-OH is 1. The highest BCUT2D eigenvalue weighted by molar-refractivity contribution is 5.65. The fourth-order valence-electron chi connectivity index (χ4n) is 2.75. The number of hydrogen-bond donors (Lipinski definition) is 2. The molecule has 22 heavy (non-hydrogen) atoms. The van der Waals surface area contributed by atoms with E-state index < -0.39 is 0 Å². The maximum atomic E-state index is 10.8. The van der Waals surface area contributed by atoms with Crippen LogP contribution >= 0.6 is 0 Å². The quantitative estimate of drug-likeness (QED) is 0.336. The Morgan fingerprint density at radius 2 is 1.32 bits per heavy atom. The summed E-state index contributed by atoms with van der Waals surface area (Å²) in [6.07, 6.45) is 16.3. The Kier molecular flexibility index (Phi) is 16.6. The van der Waals surface area contributed by atoms with E-state index in [1.165, 1.54) is 51.4 Å². The van der Waals surface area contributed by atoms with Gasteiger partial charge < -0.3 is 15.8 Å². The van der Waals surface area contributed by atoms with Crippen LogP contribution in [0.1, 0.15) is 103 Å². The number of carbonyl (C=O) groups excluding carboxylic acids is 1. The first-order chi connectivity index (χ1) is 10.7. The molecule has 132 valence electrons. The molecule has 0 rings (SSSR count). The van der Waals surface area contributed by atoms with Crippen molar-refractivity contribution in [2.45, 2.75) is 109 Å². The fraction of sp³-hybridized carbons (Fsp3) is 0.944. The number of primary amides is 1. The summed E-state index contributed by atoms with van der Waals surface area (Å²) in [4.78, 5) is 10.8. The van der Waals surface area contributed by atoms with Crippen LogP contribution in [-0.2, 0) is 4.79 Å². The van der Waals surface area contributed by atoms with Crippen LogP contribution < -0.4 is 5.48 Å². The maximum Gasteiger partial charge on any atom is 0.310 e. The normalized spacial score (nSPS) is 12.5. The van der Waals surface area contributed by atoms with E-state index in [0.29, 0.717) is 11.9 Å². The van der Waals surface area contributed by atoms with Crippen LogP contribution in [0.5, 0.6) is 0 Å². The van der Waals surface area contributed by atoms with Crippen molar-refractivity contribution in [3.63, 3.8) is 0 Å². The summed E-state index contributed by atoms with van der Waals surface area (Å²) in [5.41, 5.74) is 0.429. The molecular formula is C18H37NO3. The Morgan fingerprint density at radius 3 is 1.82 bits per heavy atom. The van der Waals surface area contributed by atoms with Gasteiger partial charge in [0, 0.05) is 0 Å². The average molecular weight is 315 g/mol. The lowest BCUT2D eigenvalue weighted by atomic mass is 10.0. The highest BCUT2D eigenvalue weighted by Crippen LogP contribution is 2.14. The molecule has 0 saturated carbocycles. The minimum atomic E-state index is -0.270. The SMILES string of the molecule is CCCCCCC(O)CCCCCCCCCCC(=O)[NH2+][O-]. The third kappa shape index (κ3) is 15.9. The molecule has 0 fully saturated rings. The monoisotopic (exact) mass is 315 g/mol. The molecule has 0 bridgehead atoms. The Hall–Kier alpha value is -0.450. The smallest absolute Gasteiger partial charge is 0.310 e. The zero-order valence-corrected chi connectivity index (χ0v) is 14.5. The molecule has 0 aromatic heterocycles. The number of hydrogen-bond acceptors (Lipinski definition) is 3. The Morgan fingerprint density at radius 1 is 0.864 bits per heavy atom. The van der Waals surface area contributed by atoms with Crippen LogP contribution in [0.2, 0.25) is 0 Å². The van der Waals surface area contributed by atoms with Gasteiger partial charge in [0.1, 0.15) is 0 Å². The van der Waals surface area contributed by atoms with E-state index in [-0.39, 0.29) is 12.0 Å². The van der Waals surface area contributed by atoms with Crippen molar-refractivity contribution >= 4 is 5.91 Å². The molecular weight excluding hydrogens is 278 g/mol. The summed E-state index contributed by atoms with van der Waals surface area (Å²) < 4.78 is 0. The molecule has 1 atom stereocenters. The molecule has 4 nitrogen and oxygen atoms in total.